The molecule has 1 fully saturated rings. The second-order valence-electron chi connectivity index (χ2n) is 8.43. The van der Waals surface area contributed by atoms with Crippen molar-refractivity contribution in [3.8, 4) is 22.9 Å². The summed E-state index contributed by atoms with van der Waals surface area (Å²) in [5.41, 5.74) is 2.38. The number of aromatic nitrogens is 2. The summed E-state index contributed by atoms with van der Waals surface area (Å²) in [5.74, 6) is 0.443. The summed E-state index contributed by atoms with van der Waals surface area (Å²) in [6.07, 6.45) is 2.75. The van der Waals surface area contributed by atoms with Crippen LogP contribution in [0, 0.1) is 5.82 Å². The number of hydrogen-bond donors (Lipinski definition) is 1. The number of halogens is 1. The zero-order valence-corrected chi connectivity index (χ0v) is 19.7. The van der Waals surface area contributed by atoms with E-state index in [-0.39, 0.29) is 24.5 Å². The third-order valence-corrected chi connectivity index (χ3v) is 5.76. The zero-order valence-electron chi connectivity index (χ0n) is 19.7. The lowest BCUT2D eigenvalue weighted by Crippen LogP contribution is -2.43. The van der Waals surface area contributed by atoms with E-state index in [1.807, 2.05) is 37.3 Å². The molecule has 0 saturated carbocycles. The molecule has 7 nitrogen and oxygen atoms in total. The molecule has 1 aromatic heterocycles. The fourth-order valence-electron chi connectivity index (χ4n) is 4.08. The normalized spacial score (nSPS) is 15.3. The van der Waals surface area contributed by atoms with Gasteiger partial charge in [0.25, 0.3) is 0 Å². The Morgan fingerprint density at radius 1 is 1.26 bits per heavy atom. The Hall–Kier alpha value is -3.39. The van der Waals surface area contributed by atoms with E-state index < -0.39 is 0 Å². The summed E-state index contributed by atoms with van der Waals surface area (Å²) in [6, 6.07) is 15.6. The van der Waals surface area contributed by atoms with Gasteiger partial charge in [0.15, 0.2) is 0 Å². The first-order valence-electron chi connectivity index (χ1n) is 11.7. The van der Waals surface area contributed by atoms with Crippen LogP contribution in [0.25, 0.3) is 11.3 Å². The second kappa shape index (κ2) is 11.2. The van der Waals surface area contributed by atoms with E-state index in [1.165, 1.54) is 12.1 Å². The first kappa shape index (κ1) is 23.8. The minimum atomic E-state index is -0.386. The van der Waals surface area contributed by atoms with Gasteiger partial charge in [0.1, 0.15) is 17.3 Å². The molecule has 2 amide bonds. The van der Waals surface area contributed by atoms with Gasteiger partial charge in [-0.2, -0.15) is 5.10 Å². The highest BCUT2D eigenvalue weighted by Gasteiger charge is 2.27. The Morgan fingerprint density at radius 2 is 2.09 bits per heavy atom. The molecule has 8 heteroatoms. The number of carbonyl (C=O) groups excluding carboxylic acids is 1. The van der Waals surface area contributed by atoms with Crippen LogP contribution in [-0.4, -0.2) is 46.5 Å². The van der Waals surface area contributed by atoms with Crippen LogP contribution in [0.3, 0.4) is 0 Å². The number of nitrogens with zero attached hydrogens (tertiary/aromatic N) is 3. The van der Waals surface area contributed by atoms with Gasteiger partial charge in [-0.05, 0) is 31.4 Å². The molecule has 180 valence electrons. The molecule has 1 aliphatic heterocycles. The van der Waals surface area contributed by atoms with Crippen molar-refractivity contribution in [2.24, 2.45) is 7.05 Å². The molecule has 0 spiro atoms. The van der Waals surface area contributed by atoms with Crippen molar-refractivity contribution >= 4 is 6.03 Å². The van der Waals surface area contributed by atoms with Crippen LogP contribution in [0.4, 0.5) is 9.18 Å². The molecular formula is C26H31FN4O3. The van der Waals surface area contributed by atoms with Gasteiger partial charge in [0, 0.05) is 38.4 Å². The lowest BCUT2D eigenvalue weighted by molar-refractivity contribution is 0.0793. The molecule has 0 aliphatic carbocycles. The van der Waals surface area contributed by atoms with Crippen molar-refractivity contribution in [2.45, 2.75) is 38.8 Å². The highest BCUT2D eigenvalue weighted by atomic mass is 19.1. The second-order valence-corrected chi connectivity index (χ2v) is 8.43. The number of benzene rings is 2. The van der Waals surface area contributed by atoms with E-state index in [0.29, 0.717) is 31.3 Å². The van der Waals surface area contributed by atoms with Crippen LogP contribution in [-0.2, 0) is 18.3 Å². The van der Waals surface area contributed by atoms with Crippen LogP contribution in [0.5, 0.6) is 11.6 Å². The first-order chi connectivity index (χ1) is 16.5. The van der Waals surface area contributed by atoms with Crippen LogP contribution < -0.4 is 10.1 Å². The largest absolute Gasteiger partial charge is 0.439 e. The number of urea groups is 1. The average molecular weight is 467 g/mol. The molecule has 3 aromatic rings. The van der Waals surface area contributed by atoms with Crippen molar-refractivity contribution in [1.82, 2.24) is 20.0 Å². The summed E-state index contributed by atoms with van der Waals surface area (Å²) < 4.78 is 27.4. The topological polar surface area (TPSA) is 68.6 Å². The van der Waals surface area contributed by atoms with E-state index >= 15 is 0 Å². The molecule has 1 saturated heterocycles. The average Bonchev–Trinajstić information content (AvgIpc) is 3.46. The smallest absolute Gasteiger partial charge is 0.317 e. The summed E-state index contributed by atoms with van der Waals surface area (Å²) in [7, 11) is 1.78. The van der Waals surface area contributed by atoms with Crippen LogP contribution in [0.15, 0.2) is 54.6 Å². The van der Waals surface area contributed by atoms with E-state index in [0.717, 1.165) is 36.1 Å². The molecule has 0 radical (unpaired) electrons. The molecule has 2 heterocycles. The Kier molecular flexibility index (Phi) is 7.80. The Balaban J connectivity index is 1.71. The maximum Gasteiger partial charge on any atom is 0.317 e. The van der Waals surface area contributed by atoms with Crippen LogP contribution in [0.2, 0.25) is 0 Å². The highest BCUT2D eigenvalue weighted by molar-refractivity contribution is 5.75. The zero-order chi connectivity index (χ0) is 23.9. The maximum absolute atomic E-state index is 13.8. The molecule has 2 aromatic carbocycles. The van der Waals surface area contributed by atoms with Gasteiger partial charge < -0.3 is 19.7 Å². The van der Waals surface area contributed by atoms with Gasteiger partial charge >= 0.3 is 6.03 Å². The third-order valence-electron chi connectivity index (χ3n) is 5.76. The fourth-order valence-corrected chi connectivity index (χ4v) is 4.08. The molecule has 0 bridgehead atoms. The number of amides is 2. The molecule has 0 unspecified atom stereocenters. The van der Waals surface area contributed by atoms with Gasteiger partial charge in [-0.1, -0.05) is 43.3 Å². The van der Waals surface area contributed by atoms with Crippen molar-refractivity contribution in [2.75, 3.05) is 19.7 Å². The third kappa shape index (κ3) is 5.75. The maximum atomic E-state index is 13.8. The summed E-state index contributed by atoms with van der Waals surface area (Å²) in [4.78, 5) is 14.9. The number of carbonyl (C=O) groups is 1. The Morgan fingerprint density at radius 3 is 2.79 bits per heavy atom. The predicted molar refractivity (Wildman–Crippen MR) is 128 cm³/mol. The van der Waals surface area contributed by atoms with Crippen molar-refractivity contribution in [3.05, 3.63) is 66.0 Å². The SMILES string of the molecule is CCCNC(=O)N(Cc1c(-c2ccccc2)nn(C)c1Oc1cccc(F)c1)C[C@@H]1CCCO1. The highest BCUT2D eigenvalue weighted by Crippen LogP contribution is 2.34. The summed E-state index contributed by atoms with van der Waals surface area (Å²) in [6.45, 7) is 4.07. The number of aryl methyl sites for hydroxylation is 1. The van der Waals surface area contributed by atoms with Crippen LogP contribution in [0.1, 0.15) is 31.7 Å². The minimum Gasteiger partial charge on any atom is -0.439 e. The minimum absolute atomic E-state index is 0.00295. The van der Waals surface area contributed by atoms with Crippen molar-refractivity contribution in [1.29, 1.82) is 0 Å². The molecule has 34 heavy (non-hydrogen) atoms. The lowest BCUT2D eigenvalue weighted by Gasteiger charge is -2.26. The number of rotatable bonds is 9. The van der Waals surface area contributed by atoms with Crippen LogP contribution >= 0.6 is 0 Å². The van der Waals surface area contributed by atoms with Gasteiger partial charge in [-0.3, -0.25) is 0 Å². The van der Waals surface area contributed by atoms with Gasteiger partial charge in [-0.15, -0.1) is 0 Å². The molecule has 1 aliphatic rings. The predicted octanol–water partition coefficient (Wildman–Crippen LogP) is 5.12. The lowest BCUT2D eigenvalue weighted by atomic mass is 10.1. The fraction of sp³-hybridized carbons (Fsp3) is 0.385. The molecular weight excluding hydrogens is 435 g/mol. The monoisotopic (exact) mass is 466 g/mol. The molecule has 1 atom stereocenters. The number of hydrogen-bond acceptors (Lipinski definition) is 4. The number of nitrogens with one attached hydrogen (secondary N) is 1. The number of ether oxygens (including phenoxy) is 2. The molecule has 1 N–H and O–H groups in total. The standard InChI is InChI=1S/C26H31FN4O3/c1-3-14-28-26(32)31(17-22-13-8-15-33-22)18-23-24(19-9-5-4-6-10-19)29-30(2)25(23)34-21-12-7-11-20(27)16-21/h4-7,9-12,16,22H,3,8,13-15,17-18H2,1-2H3,(H,28,32)/t22-/m0/s1. The quantitative estimate of drug-likeness (QED) is 0.475. The molecule has 4 rings (SSSR count). The Labute approximate surface area is 199 Å². The summed E-state index contributed by atoms with van der Waals surface area (Å²) in [5, 5.41) is 7.70. The van der Waals surface area contributed by atoms with E-state index in [2.05, 4.69) is 5.32 Å². The first-order valence-corrected chi connectivity index (χ1v) is 11.7. The van der Waals surface area contributed by atoms with Gasteiger partial charge in [-0.25, -0.2) is 13.9 Å². The van der Waals surface area contributed by atoms with Crippen molar-refractivity contribution < 1.29 is 18.7 Å². The summed E-state index contributed by atoms with van der Waals surface area (Å²) >= 11 is 0. The van der Waals surface area contributed by atoms with E-state index in [4.69, 9.17) is 14.6 Å². The van der Waals surface area contributed by atoms with E-state index in [9.17, 15) is 9.18 Å². The Bertz CT molecular complexity index is 1100. The van der Waals surface area contributed by atoms with Crippen molar-refractivity contribution in [3.63, 3.8) is 0 Å². The van der Waals surface area contributed by atoms with Gasteiger partial charge in [0.05, 0.1) is 18.2 Å². The van der Waals surface area contributed by atoms with Gasteiger partial charge in [0.2, 0.25) is 5.88 Å². The van der Waals surface area contributed by atoms with E-state index in [1.54, 1.807) is 28.8 Å².